The SMILES string of the molecule is Cc1cc2c(Oc3ccc4[nH]ccc4c3F)ncnc2cc1OCC1CCN(C)CC1. The zero-order chi connectivity index (χ0) is 21.4. The number of aromatic nitrogens is 3. The fraction of sp³-hybridized carbons (Fsp3) is 0.333. The van der Waals surface area contributed by atoms with E-state index in [1.807, 2.05) is 19.1 Å². The van der Waals surface area contributed by atoms with Crippen LogP contribution in [0.5, 0.6) is 17.4 Å². The third-order valence-corrected chi connectivity index (χ3v) is 6.05. The van der Waals surface area contributed by atoms with Crippen molar-refractivity contribution in [1.82, 2.24) is 19.9 Å². The molecular weight excluding hydrogens is 395 g/mol. The number of nitrogens with one attached hydrogen (secondary N) is 1. The lowest BCUT2D eigenvalue weighted by Gasteiger charge is -2.28. The Morgan fingerprint density at radius 1 is 1.10 bits per heavy atom. The summed E-state index contributed by atoms with van der Waals surface area (Å²) in [5.41, 5.74) is 2.40. The highest BCUT2D eigenvalue weighted by molar-refractivity contribution is 5.86. The molecule has 7 heteroatoms. The summed E-state index contributed by atoms with van der Waals surface area (Å²) in [6.45, 7) is 4.93. The highest BCUT2D eigenvalue weighted by Gasteiger charge is 2.18. The Morgan fingerprint density at radius 3 is 2.77 bits per heavy atom. The molecule has 0 radical (unpaired) electrons. The van der Waals surface area contributed by atoms with Gasteiger partial charge in [0.2, 0.25) is 5.88 Å². The second-order valence-electron chi connectivity index (χ2n) is 8.29. The van der Waals surface area contributed by atoms with Crippen LogP contribution in [0.2, 0.25) is 0 Å². The number of halogens is 1. The molecule has 31 heavy (non-hydrogen) atoms. The maximum atomic E-state index is 14.8. The van der Waals surface area contributed by atoms with E-state index in [9.17, 15) is 4.39 Å². The summed E-state index contributed by atoms with van der Waals surface area (Å²) in [6, 6.07) is 8.94. The van der Waals surface area contributed by atoms with Crippen molar-refractivity contribution < 1.29 is 13.9 Å². The van der Waals surface area contributed by atoms with Crippen molar-refractivity contribution in [2.75, 3.05) is 26.7 Å². The van der Waals surface area contributed by atoms with E-state index < -0.39 is 5.82 Å². The third-order valence-electron chi connectivity index (χ3n) is 6.05. The molecule has 1 aliphatic heterocycles. The molecule has 0 unspecified atom stereocenters. The molecule has 0 aliphatic carbocycles. The quantitative estimate of drug-likeness (QED) is 0.488. The molecule has 0 saturated carbocycles. The van der Waals surface area contributed by atoms with Crippen LogP contribution in [0.25, 0.3) is 21.8 Å². The van der Waals surface area contributed by atoms with E-state index in [0.29, 0.717) is 29.3 Å². The van der Waals surface area contributed by atoms with Crippen molar-refractivity contribution in [3.63, 3.8) is 0 Å². The van der Waals surface area contributed by atoms with Gasteiger partial charge in [-0.15, -0.1) is 0 Å². The number of hydrogen-bond donors (Lipinski definition) is 1. The second-order valence-corrected chi connectivity index (χ2v) is 8.29. The van der Waals surface area contributed by atoms with E-state index in [0.717, 1.165) is 48.1 Å². The normalized spacial score (nSPS) is 15.6. The van der Waals surface area contributed by atoms with Crippen molar-refractivity contribution in [1.29, 1.82) is 0 Å². The van der Waals surface area contributed by atoms with Crippen molar-refractivity contribution in [3.05, 3.63) is 54.2 Å². The van der Waals surface area contributed by atoms with Gasteiger partial charge in [-0.2, -0.15) is 0 Å². The number of piperidine rings is 1. The molecule has 6 nitrogen and oxygen atoms in total. The topological polar surface area (TPSA) is 63.3 Å². The van der Waals surface area contributed by atoms with Crippen molar-refractivity contribution in [3.8, 4) is 17.4 Å². The van der Waals surface area contributed by atoms with Gasteiger partial charge in [0.15, 0.2) is 11.6 Å². The first-order valence-corrected chi connectivity index (χ1v) is 10.6. The lowest BCUT2D eigenvalue weighted by molar-refractivity contribution is 0.159. The number of aromatic amines is 1. The number of fused-ring (bicyclic) bond motifs is 2. The van der Waals surface area contributed by atoms with Gasteiger partial charge in [-0.1, -0.05) is 0 Å². The van der Waals surface area contributed by atoms with Gasteiger partial charge in [0.25, 0.3) is 0 Å². The molecule has 1 N–H and O–H groups in total. The molecule has 4 aromatic rings. The number of likely N-dealkylation sites (tertiary alicyclic amines) is 1. The van der Waals surface area contributed by atoms with Gasteiger partial charge in [-0.05, 0) is 75.6 Å². The zero-order valence-corrected chi connectivity index (χ0v) is 17.7. The van der Waals surface area contributed by atoms with Crippen LogP contribution in [-0.2, 0) is 0 Å². The van der Waals surface area contributed by atoms with E-state index in [-0.39, 0.29) is 5.75 Å². The number of aryl methyl sites for hydroxylation is 1. The van der Waals surface area contributed by atoms with Gasteiger partial charge in [0.05, 0.1) is 17.5 Å². The van der Waals surface area contributed by atoms with Crippen LogP contribution >= 0.6 is 0 Å². The van der Waals surface area contributed by atoms with Gasteiger partial charge in [-0.3, -0.25) is 0 Å². The van der Waals surface area contributed by atoms with Gasteiger partial charge in [0, 0.05) is 23.2 Å². The lowest BCUT2D eigenvalue weighted by Crippen LogP contribution is -2.32. The monoisotopic (exact) mass is 420 g/mol. The molecule has 2 aromatic carbocycles. The van der Waals surface area contributed by atoms with Crippen LogP contribution in [0.3, 0.4) is 0 Å². The molecule has 1 saturated heterocycles. The molecule has 1 aliphatic rings. The summed E-state index contributed by atoms with van der Waals surface area (Å²) in [5.74, 6) is 1.43. The minimum Gasteiger partial charge on any atom is -0.493 e. The van der Waals surface area contributed by atoms with E-state index in [1.54, 1.807) is 24.4 Å². The van der Waals surface area contributed by atoms with Crippen LogP contribution in [0.4, 0.5) is 4.39 Å². The molecule has 0 atom stereocenters. The molecular formula is C24H25FN4O2. The molecule has 0 amide bonds. The predicted molar refractivity (Wildman–Crippen MR) is 118 cm³/mol. The Labute approximate surface area is 180 Å². The first kappa shape index (κ1) is 19.8. The summed E-state index contributed by atoms with van der Waals surface area (Å²) in [7, 11) is 2.16. The van der Waals surface area contributed by atoms with Crippen molar-refractivity contribution >= 4 is 21.8 Å². The maximum absolute atomic E-state index is 14.8. The highest BCUT2D eigenvalue weighted by Crippen LogP contribution is 2.34. The average molecular weight is 420 g/mol. The van der Waals surface area contributed by atoms with Crippen LogP contribution < -0.4 is 9.47 Å². The Hall–Kier alpha value is -3.19. The third kappa shape index (κ3) is 3.93. The van der Waals surface area contributed by atoms with E-state index >= 15 is 0 Å². The number of benzene rings is 2. The Balaban J connectivity index is 1.40. The Bertz CT molecular complexity index is 1230. The largest absolute Gasteiger partial charge is 0.493 e. The zero-order valence-electron chi connectivity index (χ0n) is 17.7. The van der Waals surface area contributed by atoms with Gasteiger partial charge >= 0.3 is 0 Å². The van der Waals surface area contributed by atoms with E-state index in [1.165, 1.54) is 6.33 Å². The lowest BCUT2D eigenvalue weighted by atomic mass is 9.98. The first-order chi connectivity index (χ1) is 15.1. The Morgan fingerprint density at radius 2 is 1.94 bits per heavy atom. The molecule has 160 valence electrons. The molecule has 3 heterocycles. The summed E-state index contributed by atoms with van der Waals surface area (Å²) in [5, 5.41) is 1.21. The summed E-state index contributed by atoms with van der Waals surface area (Å²) >= 11 is 0. The van der Waals surface area contributed by atoms with Gasteiger partial charge in [0.1, 0.15) is 12.1 Å². The van der Waals surface area contributed by atoms with Crippen molar-refractivity contribution in [2.24, 2.45) is 5.92 Å². The summed E-state index contributed by atoms with van der Waals surface area (Å²) in [6.07, 6.45) is 5.44. The van der Waals surface area contributed by atoms with Crippen molar-refractivity contribution in [2.45, 2.75) is 19.8 Å². The van der Waals surface area contributed by atoms with Crippen LogP contribution in [0.1, 0.15) is 18.4 Å². The summed E-state index contributed by atoms with van der Waals surface area (Å²) in [4.78, 5) is 14.0. The summed E-state index contributed by atoms with van der Waals surface area (Å²) < 4.78 is 26.8. The maximum Gasteiger partial charge on any atom is 0.230 e. The minimum absolute atomic E-state index is 0.132. The minimum atomic E-state index is -0.416. The number of H-pyrrole nitrogens is 1. The van der Waals surface area contributed by atoms with E-state index in [4.69, 9.17) is 9.47 Å². The highest BCUT2D eigenvalue weighted by atomic mass is 19.1. The first-order valence-electron chi connectivity index (χ1n) is 10.6. The fourth-order valence-corrected chi connectivity index (χ4v) is 4.10. The van der Waals surface area contributed by atoms with E-state index in [2.05, 4.69) is 26.9 Å². The van der Waals surface area contributed by atoms with Crippen LogP contribution in [-0.4, -0.2) is 46.6 Å². The number of nitrogens with zero attached hydrogens (tertiary/aromatic N) is 3. The molecule has 2 aromatic heterocycles. The predicted octanol–water partition coefficient (Wildman–Crippen LogP) is 5.07. The van der Waals surface area contributed by atoms with Crippen LogP contribution in [0, 0.1) is 18.7 Å². The standard InChI is InChI=1S/C24H25FN4O2/c1-15-11-18-20(12-22(15)30-13-16-6-9-29(2)10-7-16)27-14-28-24(18)31-21-4-3-19-17(23(21)25)5-8-26-19/h3-5,8,11-12,14,16,26H,6-7,9-10,13H2,1-2H3. The second kappa shape index (κ2) is 8.15. The molecule has 0 spiro atoms. The molecule has 1 fully saturated rings. The Kier molecular flexibility index (Phi) is 5.19. The average Bonchev–Trinajstić information content (AvgIpc) is 3.25. The number of rotatable bonds is 5. The smallest absolute Gasteiger partial charge is 0.230 e. The molecule has 5 rings (SSSR count). The molecule has 0 bridgehead atoms. The fourth-order valence-electron chi connectivity index (χ4n) is 4.10. The van der Waals surface area contributed by atoms with Gasteiger partial charge in [-0.25, -0.2) is 14.4 Å². The van der Waals surface area contributed by atoms with Crippen LogP contribution in [0.15, 0.2) is 42.9 Å². The van der Waals surface area contributed by atoms with Gasteiger partial charge < -0.3 is 19.4 Å². The number of ether oxygens (including phenoxy) is 2. The number of hydrogen-bond acceptors (Lipinski definition) is 5.